The van der Waals surface area contributed by atoms with Gasteiger partial charge in [0.05, 0.1) is 7.11 Å². The molecule has 0 saturated carbocycles. The fourth-order valence-electron chi connectivity index (χ4n) is 1.48. The van der Waals surface area contributed by atoms with Gasteiger partial charge >= 0.3 is 0 Å². The molecule has 1 aromatic rings. The number of likely N-dealkylation sites (N-methyl/N-ethyl adjacent to an activating group) is 1. The predicted molar refractivity (Wildman–Crippen MR) is 60.3 cm³/mol. The van der Waals surface area contributed by atoms with E-state index >= 15 is 0 Å². The number of hydrogen-bond acceptors (Lipinski definition) is 3. The number of hydrogen-bond donors (Lipinski definition) is 0. The van der Waals surface area contributed by atoms with Crippen LogP contribution in [-0.4, -0.2) is 31.3 Å². The summed E-state index contributed by atoms with van der Waals surface area (Å²) in [5.74, 6) is 0.293. The van der Waals surface area contributed by atoms with E-state index in [1.54, 1.807) is 14.2 Å². The first-order valence-electron chi connectivity index (χ1n) is 4.92. The van der Waals surface area contributed by atoms with Crippen LogP contribution in [0.3, 0.4) is 0 Å². The lowest BCUT2D eigenvalue weighted by Gasteiger charge is -2.15. The Labute approximate surface area is 94.8 Å². The number of amides is 1. The topological polar surface area (TPSA) is 46.6 Å². The lowest BCUT2D eigenvalue weighted by Crippen LogP contribution is -2.26. The highest BCUT2D eigenvalue weighted by Gasteiger charge is 2.08. The molecule has 0 aliphatic heterocycles. The van der Waals surface area contributed by atoms with Gasteiger partial charge in [-0.1, -0.05) is 12.1 Å². The first-order valence-corrected chi connectivity index (χ1v) is 4.92. The summed E-state index contributed by atoms with van der Waals surface area (Å²) in [6.07, 6.45) is 0.316. The summed E-state index contributed by atoms with van der Waals surface area (Å²) in [5.41, 5.74) is 1.97. The van der Waals surface area contributed by atoms with Crippen molar-refractivity contribution in [3.63, 3.8) is 0 Å². The van der Waals surface area contributed by atoms with Gasteiger partial charge in [0, 0.05) is 13.6 Å². The van der Waals surface area contributed by atoms with E-state index in [0.29, 0.717) is 12.8 Å². The number of rotatable bonds is 4. The van der Waals surface area contributed by atoms with Crippen molar-refractivity contribution in [2.45, 2.75) is 13.5 Å². The van der Waals surface area contributed by atoms with Crippen molar-refractivity contribution in [1.29, 1.82) is 0 Å². The van der Waals surface area contributed by atoms with E-state index in [0.717, 1.165) is 16.9 Å². The van der Waals surface area contributed by atoms with Crippen LogP contribution in [0, 0.1) is 6.92 Å². The van der Waals surface area contributed by atoms with Crippen LogP contribution in [-0.2, 0) is 16.1 Å². The number of methoxy groups -OCH3 is 1. The van der Waals surface area contributed by atoms with Crippen molar-refractivity contribution in [2.24, 2.45) is 0 Å². The average molecular weight is 221 g/mol. The molecule has 1 amide bonds. The highest BCUT2D eigenvalue weighted by atomic mass is 16.5. The highest BCUT2D eigenvalue weighted by Crippen LogP contribution is 2.19. The van der Waals surface area contributed by atoms with Crippen LogP contribution < -0.4 is 4.74 Å². The zero-order valence-electron chi connectivity index (χ0n) is 9.69. The van der Waals surface area contributed by atoms with Crippen molar-refractivity contribution in [1.82, 2.24) is 4.90 Å². The standard InChI is InChI=1S/C12H15NO3/c1-9-6-10(4-5-11(9)16-3)7-13(2)12(15)8-14/h4-6,8H,7H2,1-3H3. The molecule has 0 fully saturated rings. The van der Waals surface area contributed by atoms with E-state index in [2.05, 4.69) is 0 Å². The van der Waals surface area contributed by atoms with Crippen LogP contribution in [0.15, 0.2) is 18.2 Å². The third kappa shape index (κ3) is 2.82. The molecule has 0 heterocycles. The molecule has 16 heavy (non-hydrogen) atoms. The molecule has 1 rings (SSSR count). The molecule has 0 bridgehead atoms. The summed E-state index contributed by atoms with van der Waals surface area (Å²) in [7, 11) is 3.21. The molecule has 0 unspecified atom stereocenters. The second kappa shape index (κ2) is 5.30. The van der Waals surface area contributed by atoms with Gasteiger partial charge in [-0.15, -0.1) is 0 Å². The Balaban J connectivity index is 2.79. The Bertz CT molecular complexity index is 401. The molecule has 4 nitrogen and oxygen atoms in total. The van der Waals surface area contributed by atoms with Gasteiger partial charge in [-0.05, 0) is 24.1 Å². The van der Waals surface area contributed by atoms with Gasteiger partial charge < -0.3 is 9.64 Å². The molecular weight excluding hydrogens is 206 g/mol. The fraction of sp³-hybridized carbons (Fsp3) is 0.333. The van der Waals surface area contributed by atoms with Gasteiger partial charge in [-0.3, -0.25) is 9.59 Å². The first-order chi connectivity index (χ1) is 7.58. The number of nitrogens with zero attached hydrogens (tertiary/aromatic N) is 1. The van der Waals surface area contributed by atoms with Gasteiger partial charge in [0.1, 0.15) is 5.75 Å². The molecule has 0 aliphatic rings. The van der Waals surface area contributed by atoms with Crippen LogP contribution >= 0.6 is 0 Å². The summed E-state index contributed by atoms with van der Waals surface area (Å²) in [6.45, 7) is 2.35. The quantitative estimate of drug-likeness (QED) is 0.566. The van der Waals surface area contributed by atoms with Crippen LogP contribution in [0.1, 0.15) is 11.1 Å². The molecule has 0 spiro atoms. The Hall–Kier alpha value is -1.84. The number of aldehydes is 1. The number of benzene rings is 1. The molecule has 0 radical (unpaired) electrons. The molecule has 0 aromatic heterocycles. The lowest BCUT2D eigenvalue weighted by atomic mass is 10.1. The normalized spacial score (nSPS) is 9.69. The Morgan fingerprint density at radius 3 is 2.69 bits per heavy atom. The summed E-state index contributed by atoms with van der Waals surface area (Å²) in [4.78, 5) is 22.7. The smallest absolute Gasteiger partial charge is 0.286 e. The minimum atomic E-state index is -0.520. The number of ether oxygens (including phenoxy) is 1. The Kier molecular flexibility index (Phi) is 4.05. The van der Waals surface area contributed by atoms with Crippen LogP contribution in [0.25, 0.3) is 0 Å². The minimum absolute atomic E-state index is 0.316. The Morgan fingerprint density at radius 1 is 1.50 bits per heavy atom. The zero-order chi connectivity index (χ0) is 12.1. The third-order valence-corrected chi connectivity index (χ3v) is 2.36. The van der Waals surface area contributed by atoms with Crippen LogP contribution in [0.4, 0.5) is 0 Å². The number of carbonyl (C=O) groups excluding carboxylic acids is 2. The number of carbonyl (C=O) groups is 2. The highest BCUT2D eigenvalue weighted by molar-refractivity contribution is 6.23. The van der Waals surface area contributed by atoms with E-state index in [9.17, 15) is 9.59 Å². The summed E-state index contributed by atoms with van der Waals surface area (Å²) < 4.78 is 5.14. The molecular formula is C12H15NO3. The van der Waals surface area contributed by atoms with E-state index < -0.39 is 5.91 Å². The van der Waals surface area contributed by atoms with Crippen molar-refractivity contribution in [3.8, 4) is 5.75 Å². The molecule has 1 aromatic carbocycles. The fourth-order valence-corrected chi connectivity index (χ4v) is 1.48. The maximum Gasteiger partial charge on any atom is 0.286 e. The maximum absolute atomic E-state index is 11.1. The van der Waals surface area contributed by atoms with Crippen molar-refractivity contribution in [2.75, 3.05) is 14.2 Å². The van der Waals surface area contributed by atoms with E-state index in [1.165, 1.54) is 4.90 Å². The van der Waals surface area contributed by atoms with Crippen molar-refractivity contribution < 1.29 is 14.3 Å². The molecule has 4 heteroatoms. The molecule has 0 saturated heterocycles. The second-order valence-electron chi connectivity index (χ2n) is 3.62. The molecule has 0 N–H and O–H groups in total. The van der Waals surface area contributed by atoms with E-state index in [4.69, 9.17) is 4.74 Å². The first kappa shape index (κ1) is 12.2. The number of aryl methyl sites for hydroxylation is 1. The van der Waals surface area contributed by atoms with E-state index in [1.807, 2.05) is 25.1 Å². The maximum atomic E-state index is 11.1. The SMILES string of the molecule is COc1ccc(CN(C)C(=O)C=O)cc1C. The largest absolute Gasteiger partial charge is 0.496 e. The molecule has 86 valence electrons. The van der Waals surface area contributed by atoms with Gasteiger partial charge in [0.2, 0.25) is 6.29 Å². The van der Waals surface area contributed by atoms with Gasteiger partial charge in [0.15, 0.2) is 0 Å². The summed E-state index contributed by atoms with van der Waals surface area (Å²) in [5, 5.41) is 0. The van der Waals surface area contributed by atoms with Gasteiger partial charge in [-0.25, -0.2) is 0 Å². The second-order valence-corrected chi connectivity index (χ2v) is 3.62. The monoisotopic (exact) mass is 221 g/mol. The molecule has 0 atom stereocenters. The third-order valence-electron chi connectivity index (χ3n) is 2.36. The van der Waals surface area contributed by atoms with Crippen molar-refractivity contribution >= 4 is 12.2 Å². The zero-order valence-corrected chi connectivity index (χ0v) is 9.69. The molecule has 0 aliphatic carbocycles. The van der Waals surface area contributed by atoms with Crippen molar-refractivity contribution in [3.05, 3.63) is 29.3 Å². The summed E-state index contributed by atoms with van der Waals surface area (Å²) >= 11 is 0. The minimum Gasteiger partial charge on any atom is -0.496 e. The van der Waals surface area contributed by atoms with Gasteiger partial charge in [0.25, 0.3) is 5.91 Å². The van der Waals surface area contributed by atoms with E-state index in [-0.39, 0.29) is 0 Å². The van der Waals surface area contributed by atoms with Crippen LogP contribution in [0.2, 0.25) is 0 Å². The predicted octanol–water partition coefficient (Wildman–Crippen LogP) is 1.16. The lowest BCUT2D eigenvalue weighted by molar-refractivity contribution is -0.138. The average Bonchev–Trinajstić information content (AvgIpc) is 2.28. The summed E-state index contributed by atoms with van der Waals surface area (Å²) in [6, 6.07) is 5.66. The van der Waals surface area contributed by atoms with Crippen LogP contribution in [0.5, 0.6) is 5.75 Å². The van der Waals surface area contributed by atoms with Gasteiger partial charge in [-0.2, -0.15) is 0 Å². The Morgan fingerprint density at radius 2 is 2.19 bits per heavy atom.